The number of hydrogen-bond acceptors (Lipinski definition) is 4. The van der Waals surface area contributed by atoms with Crippen molar-refractivity contribution in [3.63, 3.8) is 0 Å². The monoisotopic (exact) mass is 387 g/mol. The van der Waals surface area contributed by atoms with Crippen molar-refractivity contribution in [3.05, 3.63) is 24.2 Å². The summed E-state index contributed by atoms with van der Waals surface area (Å²) in [6.45, 7) is 4.88. The van der Waals surface area contributed by atoms with Crippen molar-refractivity contribution < 1.29 is 9.21 Å². The topological polar surface area (TPSA) is 73.1 Å². The second-order valence-electron chi connectivity index (χ2n) is 8.27. The van der Waals surface area contributed by atoms with E-state index in [0.29, 0.717) is 18.6 Å². The van der Waals surface area contributed by atoms with Crippen molar-refractivity contribution in [2.75, 3.05) is 39.3 Å². The number of piperazine rings is 1. The zero-order chi connectivity index (χ0) is 19.2. The maximum Gasteiger partial charge on any atom is 0.234 e. The summed E-state index contributed by atoms with van der Waals surface area (Å²) in [6.07, 6.45) is 9.91. The fourth-order valence-corrected chi connectivity index (χ4v) is 4.04. The van der Waals surface area contributed by atoms with Crippen molar-refractivity contribution in [2.24, 2.45) is 4.99 Å². The number of carbonyl (C=O) groups is 1. The Bertz CT molecular complexity index is 642. The molecule has 1 amide bonds. The normalized spacial score (nSPS) is 21.9. The van der Waals surface area contributed by atoms with Crippen LogP contribution in [0, 0.1) is 0 Å². The summed E-state index contributed by atoms with van der Waals surface area (Å²) < 4.78 is 5.43. The Morgan fingerprint density at radius 3 is 2.50 bits per heavy atom. The fraction of sp³-hybridized carbons (Fsp3) is 0.714. The first kappa shape index (κ1) is 19.3. The Labute approximate surface area is 167 Å². The van der Waals surface area contributed by atoms with Gasteiger partial charge >= 0.3 is 0 Å². The molecule has 7 nitrogen and oxygen atoms in total. The van der Waals surface area contributed by atoms with Gasteiger partial charge in [-0.1, -0.05) is 12.8 Å². The highest BCUT2D eigenvalue weighted by Gasteiger charge is 2.26. The van der Waals surface area contributed by atoms with Crippen LogP contribution in [0.2, 0.25) is 0 Å². The maximum absolute atomic E-state index is 12.0. The van der Waals surface area contributed by atoms with Gasteiger partial charge < -0.3 is 20.0 Å². The molecule has 0 bridgehead atoms. The third kappa shape index (κ3) is 5.74. The average Bonchev–Trinajstić information content (AvgIpc) is 3.14. The van der Waals surface area contributed by atoms with E-state index in [1.165, 1.54) is 25.7 Å². The first-order valence-electron chi connectivity index (χ1n) is 10.9. The molecule has 4 rings (SSSR count). The SMILES string of the molecule is O=C(CN1CCN(C(=NCCc2ccco2)NC2CCCC2)CC1)NC1CC1. The minimum atomic E-state index is 0.173. The molecule has 2 N–H and O–H groups in total. The van der Waals surface area contributed by atoms with E-state index in [-0.39, 0.29) is 5.91 Å². The van der Waals surface area contributed by atoms with Crippen LogP contribution >= 0.6 is 0 Å². The van der Waals surface area contributed by atoms with Crippen molar-refractivity contribution in [2.45, 2.75) is 57.0 Å². The summed E-state index contributed by atoms with van der Waals surface area (Å²) in [5.74, 6) is 2.18. The number of furan rings is 1. The number of guanidine groups is 1. The number of rotatable bonds is 7. The standard InChI is InChI=1S/C21H33N5O2/c27-20(23-18-7-8-18)16-25-11-13-26(14-12-25)21(24-17-4-1-2-5-17)22-10-9-19-6-3-15-28-19/h3,6,15,17-18H,1-2,4-5,7-14,16H2,(H,22,24)(H,23,27). The molecular formula is C21H33N5O2. The molecule has 2 aliphatic carbocycles. The van der Waals surface area contributed by atoms with E-state index in [9.17, 15) is 4.79 Å². The summed E-state index contributed by atoms with van der Waals surface area (Å²) in [5.41, 5.74) is 0. The Hall–Kier alpha value is -2.02. The van der Waals surface area contributed by atoms with Gasteiger partial charge in [0.25, 0.3) is 0 Å². The lowest BCUT2D eigenvalue weighted by atomic mass is 10.2. The minimum Gasteiger partial charge on any atom is -0.469 e. The van der Waals surface area contributed by atoms with E-state index in [1.54, 1.807) is 6.26 Å². The third-order valence-corrected chi connectivity index (χ3v) is 5.87. The minimum absolute atomic E-state index is 0.173. The van der Waals surface area contributed by atoms with Gasteiger partial charge in [-0.25, -0.2) is 0 Å². The van der Waals surface area contributed by atoms with E-state index >= 15 is 0 Å². The average molecular weight is 388 g/mol. The van der Waals surface area contributed by atoms with Gasteiger partial charge in [-0.05, 0) is 37.8 Å². The van der Waals surface area contributed by atoms with Gasteiger partial charge in [0.15, 0.2) is 5.96 Å². The molecule has 2 saturated carbocycles. The summed E-state index contributed by atoms with van der Waals surface area (Å²) in [4.78, 5) is 21.6. The smallest absolute Gasteiger partial charge is 0.234 e. The number of aliphatic imine (C=N–C) groups is 1. The Morgan fingerprint density at radius 1 is 1.07 bits per heavy atom. The number of carbonyl (C=O) groups excluding carboxylic acids is 1. The largest absolute Gasteiger partial charge is 0.469 e. The summed E-state index contributed by atoms with van der Waals surface area (Å²) >= 11 is 0. The van der Waals surface area contributed by atoms with Crippen molar-refractivity contribution in [1.82, 2.24) is 20.4 Å². The van der Waals surface area contributed by atoms with Crippen molar-refractivity contribution >= 4 is 11.9 Å². The second kappa shape index (κ2) is 9.45. The molecule has 0 radical (unpaired) electrons. The number of amides is 1. The third-order valence-electron chi connectivity index (χ3n) is 5.87. The van der Waals surface area contributed by atoms with Crippen LogP contribution < -0.4 is 10.6 Å². The first-order valence-corrected chi connectivity index (χ1v) is 10.9. The zero-order valence-electron chi connectivity index (χ0n) is 16.7. The molecule has 1 aromatic heterocycles. The van der Waals surface area contributed by atoms with E-state index < -0.39 is 0 Å². The molecule has 1 aromatic rings. The molecule has 154 valence electrons. The molecule has 0 unspecified atom stereocenters. The van der Waals surface area contributed by atoms with Crippen molar-refractivity contribution in [3.8, 4) is 0 Å². The van der Waals surface area contributed by atoms with E-state index in [0.717, 1.165) is 63.7 Å². The lowest BCUT2D eigenvalue weighted by molar-refractivity contribution is -0.122. The summed E-state index contributed by atoms with van der Waals surface area (Å²) in [6, 6.07) is 4.92. The molecule has 0 spiro atoms. The van der Waals surface area contributed by atoms with E-state index in [2.05, 4.69) is 20.4 Å². The molecule has 3 aliphatic rings. The number of nitrogens with one attached hydrogen (secondary N) is 2. The van der Waals surface area contributed by atoms with Crippen molar-refractivity contribution in [1.29, 1.82) is 0 Å². The first-order chi connectivity index (χ1) is 13.8. The van der Waals surface area contributed by atoms with Crippen LogP contribution in [0.3, 0.4) is 0 Å². The highest BCUT2D eigenvalue weighted by molar-refractivity contribution is 5.81. The van der Waals surface area contributed by atoms with E-state index in [1.807, 2.05) is 12.1 Å². The predicted molar refractivity (Wildman–Crippen MR) is 109 cm³/mol. The Balaban J connectivity index is 1.28. The Morgan fingerprint density at radius 2 is 1.82 bits per heavy atom. The van der Waals surface area contributed by atoms with Gasteiger partial charge in [0.05, 0.1) is 12.8 Å². The van der Waals surface area contributed by atoms with Crippen LogP contribution in [0.25, 0.3) is 0 Å². The molecule has 7 heteroatoms. The highest BCUT2D eigenvalue weighted by atomic mass is 16.3. The quantitative estimate of drug-likeness (QED) is 0.549. The molecule has 1 saturated heterocycles. The molecule has 2 heterocycles. The van der Waals surface area contributed by atoms with Crippen LogP contribution in [0.4, 0.5) is 0 Å². The van der Waals surface area contributed by atoms with Crippen LogP contribution in [0.15, 0.2) is 27.8 Å². The Kier molecular flexibility index (Phi) is 6.52. The fourth-order valence-electron chi connectivity index (χ4n) is 4.04. The number of nitrogens with zero attached hydrogens (tertiary/aromatic N) is 3. The molecule has 0 aromatic carbocycles. The van der Waals surface area contributed by atoms with Crippen LogP contribution in [-0.4, -0.2) is 73.0 Å². The van der Waals surface area contributed by atoms with Crippen LogP contribution in [-0.2, 0) is 11.2 Å². The maximum atomic E-state index is 12.0. The predicted octanol–water partition coefficient (Wildman–Crippen LogP) is 1.61. The van der Waals surface area contributed by atoms with E-state index in [4.69, 9.17) is 9.41 Å². The molecule has 0 atom stereocenters. The summed E-state index contributed by atoms with van der Waals surface area (Å²) in [5, 5.41) is 6.79. The highest BCUT2D eigenvalue weighted by Crippen LogP contribution is 2.19. The van der Waals surface area contributed by atoms with Gasteiger partial charge in [-0.3, -0.25) is 14.7 Å². The second-order valence-corrected chi connectivity index (χ2v) is 8.27. The molecule has 3 fully saturated rings. The molecule has 28 heavy (non-hydrogen) atoms. The van der Waals surface area contributed by atoms with Gasteiger partial charge in [0.1, 0.15) is 5.76 Å². The lowest BCUT2D eigenvalue weighted by Crippen LogP contribution is -2.55. The van der Waals surface area contributed by atoms with Crippen LogP contribution in [0.1, 0.15) is 44.3 Å². The van der Waals surface area contributed by atoms with Gasteiger partial charge in [0.2, 0.25) is 5.91 Å². The number of hydrogen-bond donors (Lipinski definition) is 2. The van der Waals surface area contributed by atoms with Crippen LogP contribution in [0.5, 0.6) is 0 Å². The lowest BCUT2D eigenvalue weighted by Gasteiger charge is -2.37. The van der Waals surface area contributed by atoms with Gasteiger partial charge in [-0.15, -0.1) is 0 Å². The van der Waals surface area contributed by atoms with Gasteiger partial charge in [0, 0.05) is 51.2 Å². The molecule has 1 aliphatic heterocycles. The molecular weight excluding hydrogens is 354 g/mol. The van der Waals surface area contributed by atoms with Gasteiger partial charge in [-0.2, -0.15) is 0 Å². The zero-order valence-corrected chi connectivity index (χ0v) is 16.7. The summed E-state index contributed by atoms with van der Waals surface area (Å²) in [7, 11) is 0.